The van der Waals surface area contributed by atoms with Gasteiger partial charge in [-0.05, 0) is 66.1 Å². The summed E-state index contributed by atoms with van der Waals surface area (Å²) >= 11 is 0. The van der Waals surface area contributed by atoms with Crippen LogP contribution in [0.15, 0.2) is 72.9 Å². The van der Waals surface area contributed by atoms with Gasteiger partial charge in [0, 0.05) is 30.4 Å². The summed E-state index contributed by atoms with van der Waals surface area (Å²) in [5.41, 5.74) is 5.16. The van der Waals surface area contributed by atoms with E-state index in [1.807, 2.05) is 30.5 Å². The molecule has 5 rings (SSSR count). The molecule has 32 heavy (non-hydrogen) atoms. The molecule has 0 amide bonds. The largest absolute Gasteiger partial charge is 0.454 e. The summed E-state index contributed by atoms with van der Waals surface area (Å²) in [6, 6.07) is 20.7. The number of nitrogens with zero attached hydrogens (tertiary/aromatic N) is 1. The molecule has 1 aliphatic rings. The molecule has 2 N–H and O–H groups in total. The van der Waals surface area contributed by atoms with E-state index < -0.39 is 0 Å². The number of hydrogen-bond donors (Lipinski definition) is 2. The summed E-state index contributed by atoms with van der Waals surface area (Å²) in [5, 5.41) is 8.07. The van der Waals surface area contributed by atoms with Gasteiger partial charge in [-0.1, -0.05) is 30.3 Å². The second-order valence-corrected chi connectivity index (χ2v) is 7.74. The Labute approximate surface area is 186 Å². The van der Waals surface area contributed by atoms with Crippen molar-refractivity contribution in [1.82, 2.24) is 10.3 Å². The molecule has 0 aliphatic carbocycles. The van der Waals surface area contributed by atoms with Crippen LogP contribution < -0.4 is 20.1 Å². The minimum Gasteiger partial charge on any atom is -0.454 e. The van der Waals surface area contributed by atoms with Crippen molar-refractivity contribution in [3.63, 3.8) is 0 Å². The Morgan fingerprint density at radius 3 is 2.59 bits per heavy atom. The van der Waals surface area contributed by atoms with Crippen molar-refractivity contribution < 1.29 is 13.9 Å². The highest BCUT2D eigenvalue weighted by molar-refractivity contribution is 5.93. The predicted molar refractivity (Wildman–Crippen MR) is 125 cm³/mol. The average molecular weight is 429 g/mol. The number of nitrogens with one attached hydrogen (secondary N) is 2. The maximum Gasteiger partial charge on any atom is 0.231 e. The van der Waals surface area contributed by atoms with Gasteiger partial charge in [0.15, 0.2) is 11.5 Å². The third kappa shape index (κ3) is 4.50. The van der Waals surface area contributed by atoms with Gasteiger partial charge >= 0.3 is 0 Å². The van der Waals surface area contributed by atoms with Gasteiger partial charge in [-0.3, -0.25) is 4.98 Å². The summed E-state index contributed by atoms with van der Waals surface area (Å²) in [6.07, 6.45) is 2.80. The number of ether oxygens (including phenoxy) is 2. The SMILES string of the molecule is Fc1ccc(-c2ccc3c(NCCCNCc4ccc5c(c4)OCO5)ccnc3c2)cc1. The standard InChI is InChI=1S/C26H24FN3O2/c27-21-6-3-19(4-7-21)20-5-8-22-23(10-13-30-24(22)15-20)29-12-1-11-28-16-18-2-9-25-26(14-18)32-17-31-25/h2-10,13-15,28H,1,11-12,16-17H2,(H,29,30). The zero-order valence-corrected chi connectivity index (χ0v) is 17.6. The molecule has 4 aromatic rings. The monoisotopic (exact) mass is 429 g/mol. The summed E-state index contributed by atoms with van der Waals surface area (Å²) in [4.78, 5) is 4.52. The number of rotatable bonds is 8. The van der Waals surface area contributed by atoms with E-state index in [0.29, 0.717) is 6.79 Å². The molecule has 0 bridgehead atoms. The molecule has 2 heterocycles. The highest BCUT2D eigenvalue weighted by Gasteiger charge is 2.12. The van der Waals surface area contributed by atoms with Crippen molar-refractivity contribution in [3.8, 4) is 22.6 Å². The molecule has 0 saturated heterocycles. The lowest BCUT2D eigenvalue weighted by Crippen LogP contribution is -2.17. The minimum absolute atomic E-state index is 0.232. The molecule has 0 spiro atoms. The van der Waals surface area contributed by atoms with Crippen molar-refractivity contribution in [3.05, 3.63) is 84.3 Å². The molecule has 5 nitrogen and oxygen atoms in total. The molecular formula is C26H24FN3O2. The molecule has 0 unspecified atom stereocenters. The number of aromatic nitrogens is 1. The van der Waals surface area contributed by atoms with Crippen LogP contribution in [0.25, 0.3) is 22.0 Å². The van der Waals surface area contributed by atoms with Gasteiger partial charge in [0.05, 0.1) is 5.52 Å². The first-order valence-corrected chi connectivity index (χ1v) is 10.7. The van der Waals surface area contributed by atoms with E-state index in [-0.39, 0.29) is 5.82 Å². The quantitative estimate of drug-likeness (QED) is 0.369. The molecule has 0 atom stereocenters. The molecule has 1 aromatic heterocycles. The zero-order chi connectivity index (χ0) is 21.8. The van der Waals surface area contributed by atoms with Crippen LogP contribution in [-0.4, -0.2) is 24.9 Å². The molecular weight excluding hydrogens is 405 g/mol. The second kappa shape index (κ2) is 9.24. The van der Waals surface area contributed by atoms with Gasteiger partial charge < -0.3 is 20.1 Å². The first-order chi connectivity index (χ1) is 15.8. The topological polar surface area (TPSA) is 55.4 Å². The third-order valence-electron chi connectivity index (χ3n) is 5.53. The fourth-order valence-corrected chi connectivity index (χ4v) is 3.84. The molecule has 0 saturated carbocycles. The Kier molecular flexibility index (Phi) is 5.85. The van der Waals surface area contributed by atoms with Crippen LogP contribution in [0, 0.1) is 5.82 Å². The number of pyridine rings is 1. The fraction of sp³-hybridized carbons (Fsp3) is 0.192. The van der Waals surface area contributed by atoms with Crippen LogP contribution in [0.3, 0.4) is 0 Å². The maximum absolute atomic E-state index is 13.2. The normalized spacial score (nSPS) is 12.3. The zero-order valence-electron chi connectivity index (χ0n) is 17.6. The van der Waals surface area contributed by atoms with E-state index in [1.54, 1.807) is 12.1 Å². The summed E-state index contributed by atoms with van der Waals surface area (Å²) in [5.74, 6) is 1.40. The Hall–Kier alpha value is -3.64. The third-order valence-corrected chi connectivity index (χ3v) is 5.53. The van der Waals surface area contributed by atoms with Gasteiger partial charge in [-0.25, -0.2) is 4.39 Å². The number of hydrogen-bond acceptors (Lipinski definition) is 5. The maximum atomic E-state index is 13.2. The Bertz CT molecular complexity index is 1230. The summed E-state index contributed by atoms with van der Waals surface area (Å²) in [6.45, 7) is 2.85. The molecule has 0 fully saturated rings. The second-order valence-electron chi connectivity index (χ2n) is 7.74. The molecule has 1 aliphatic heterocycles. The van der Waals surface area contributed by atoms with Crippen LogP contribution in [0.2, 0.25) is 0 Å². The van der Waals surface area contributed by atoms with Gasteiger partial charge in [-0.15, -0.1) is 0 Å². The molecule has 0 radical (unpaired) electrons. The number of anilines is 1. The van der Waals surface area contributed by atoms with Crippen molar-refractivity contribution in [1.29, 1.82) is 0 Å². The summed E-state index contributed by atoms with van der Waals surface area (Å²) < 4.78 is 24.0. The Morgan fingerprint density at radius 2 is 1.69 bits per heavy atom. The highest BCUT2D eigenvalue weighted by Crippen LogP contribution is 2.32. The van der Waals surface area contributed by atoms with Gasteiger partial charge in [0.2, 0.25) is 6.79 Å². The van der Waals surface area contributed by atoms with Crippen LogP contribution in [-0.2, 0) is 6.54 Å². The average Bonchev–Trinajstić information content (AvgIpc) is 3.29. The predicted octanol–water partition coefficient (Wildman–Crippen LogP) is 5.36. The van der Waals surface area contributed by atoms with Gasteiger partial charge in [0.25, 0.3) is 0 Å². The molecule has 162 valence electrons. The van der Waals surface area contributed by atoms with E-state index >= 15 is 0 Å². The van der Waals surface area contributed by atoms with E-state index in [0.717, 1.165) is 65.3 Å². The lowest BCUT2D eigenvalue weighted by molar-refractivity contribution is 0.174. The number of halogens is 1. The lowest BCUT2D eigenvalue weighted by atomic mass is 10.0. The van der Waals surface area contributed by atoms with Gasteiger partial charge in [0.1, 0.15) is 5.82 Å². The van der Waals surface area contributed by atoms with Crippen molar-refractivity contribution in [2.24, 2.45) is 0 Å². The van der Waals surface area contributed by atoms with Crippen molar-refractivity contribution >= 4 is 16.6 Å². The van der Waals surface area contributed by atoms with Crippen molar-refractivity contribution in [2.45, 2.75) is 13.0 Å². The number of benzene rings is 3. The minimum atomic E-state index is -0.232. The first kappa shape index (κ1) is 20.3. The number of fused-ring (bicyclic) bond motifs is 2. The van der Waals surface area contributed by atoms with Crippen LogP contribution >= 0.6 is 0 Å². The van der Waals surface area contributed by atoms with Crippen molar-refractivity contribution in [2.75, 3.05) is 25.2 Å². The van der Waals surface area contributed by atoms with Gasteiger partial charge in [-0.2, -0.15) is 0 Å². The lowest BCUT2D eigenvalue weighted by Gasteiger charge is -2.11. The van der Waals surface area contributed by atoms with Crippen LogP contribution in [0.1, 0.15) is 12.0 Å². The van der Waals surface area contributed by atoms with Crippen LogP contribution in [0.4, 0.5) is 10.1 Å². The summed E-state index contributed by atoms with van der Waals surface area (Å²) in [7, 11) is 0. The van der Waals surface area contributed by atoms with E-state index in [2.05, 4.69) is 33.8 Å². The first-order valence-electron chi connectivity index (χ1n) is 10.7. The van der Waals surface area contributed by atoms with E-state index in [4.69, 9.17) is 9.47 Å². The molecule has 6 heteroatoms. The van der Waals surface area contributed by atoms with E-state index in [9.17, 15) is 4.39 Å². The fourth-order valence-electron chi connectivity index (χ4n) is 3.84. The van der Waals surface area contributed by atoms with Crippen LogP contribution in [0.5, 0.6) is 11.5 Å². The molecule has 3 aromatic carbocycles. The smallest absolute Gasteiger partial charge is 0.231 e. The highest BCUT2D eigenvalue weighted by atomic mass is 19.1. The van der Waals surface area contributed by atoms with E-state index in [1.165, 1.54) is 17.7 Å². The Morgan fingerprint density at radius 1 is 0.844 bits per heavy atom. The Balaban J connectivity index is 1.14.